The lowest BCUT2D eigenvalue weighted by Crippen LogP contribution is -2.49. The zero-order valence-corrected chi connectivity index (χ0v) is 15.7. The molecule has 2 saturated heterocycles. The van der Waals surface area contributed by atoms with Crippen LogP contribution in [-0.4, -0.2) is 43.0 Å². The number of fused-ring (bicyclic) bond motifs is 2. The SMILES string of the molecule is COc1ccc(S(=O)(=O)N2C3CCC2CC(Oc2ccncc2)C3)cc1F. The van der Waals surface area contributed by atoms with Crippen molar-refractivity contribution in [1.82, 2.24) is 9.29 Å². The molecule has 27 heavy (non-hydrogen) atoms. The minimum atomic E-state index is -3.77. The Morgan fingerprint density at radius 3 is 2.37 bits per heavy atom. The normalized spacial score (nSPS) is 25.3. The number of nitrogens with zero attached hydrogens (tertiary/aromatic N) is 2. The summed E-state index contributed by atoms with van der Waals surface area (Å²) in [7, 11) is -2.42. The van der Waals surface area contributed by atoms with Crippen LogP contribution in [0.4, 0.5) is 4.39 Å². The van der Waals surface area contributed by atoms with Gasteiger partial charge < -0.3 is 9.47 Å². The Kier molecular flexibility index (Phi) is 4.77. The molecule has 0 saturated carbocycles. The van der Waals surface area contributed by atoms with Gasteiger partial charge in [0.2, 0.25) is 10.0 Å². The average Bonchev–Trinajstić information content (AvgIpc) is 2.95. The van der Waals surface area contributed by atoms with E-state index in [2.05, 4.69) is 4.98 Å². The van der Waals surface area contributed by atoms with Crippen LogP contribution >= 0.6 is 0 Å². The van der Waals surface area contributed by atoms with Crippen LogP contribution in [0.2, 0.25) is 0 Å². The summed E-state index contributed by atoms with van der Waals surface area (Å²) in [5.41, 5.74) is 0. The molecule has 2 fully saturated rings. The zero-order valence-electron chi connectivity index (χ0n) is 14.9. The van der Waals surface area contributed by atoms with Crippen LogP contribution in [0.25, 0.3) is 0 Å². The molecule has 144 valence electrons. The van der Waals surface area contributed by atoms with Gasteiger partial charge in [0.25, 0.3) is 0 Å². The summed E-state index contributed by atoms with van der Waals surface area (Å²) in [5.74, 6) is 0.0890. The number of rotatable bonds is 5. The molecule has 0 N–H and O–H groups in total. The number of hydrogen-bond donors (Lipinski definition) is 0. The second-order valence-corrected chi connectivity index (χ2v) is 8.75. The molecule has 6 nitrogen and oxygen atoms in total. The zero-order chi connectivity index (χ0) is 19.0. The molecule has 0 spiro atoms. The highest BCUT2D eigenvalue weighted by molar-refractivity contribution is 7.89. The van der Waals surface area contributed by atoms with Gasteiger partial charge in [0.1, 0.15) is 11.9 Å². The van der Waals surface area contributed by atoms with E-state index in [1.807, 2.05) is 0 Å². The van der Waals surface area contributed by atoms with Gasteiger partial charge in [0, 0.05) is 37.3 Å². The van der Waals surface area contributed by atoms with Gasteiger partial charge in [-0.3, -0.25) is 4.98 Å². The third-order valence-electron chi connectivity index (χ3n) is 5.27. The lowest BCUT2D eigenvalue weighted by Gasteiger charge is -2.37. The molecule has 2 aliphatic heterocycles. The van der Waals surface area contributed by atoms with Crippen LogP contribution in [0.15, 0.2) is 47.6 Å². The molecule has 1 aromatic heterocycles. The number of hydrogen-bond acceptors (Lipinski definition) is 5. The highest BCUT2D eigenvalue weighted by atomic mass is 32.2. The molecule has 2 aromatic rings. The number of piperidine rings is 1. The fourth-order valence-electron chi connectivity index (χ4n) is 4.11. The summed E-state index contributed by atoms with van der Waals surface area (Å²) in [6.07, 6.45) is 6.12. The van der Waals surface area contributed by atoms with E-state index in [4.69, 9.17) is 9.47 Å². The Morgan fingerprint density at radius 1 is 1.11 bits per heavy atom. The van der Waals surface area contributed by atoms with Crippen LogP contribution in [0.3, 0.4) is 0 Å². The molecule has 0 radical (unpaired) electrons. The van der Waals surface area contributed by atoms with Crippen molar-refractivity contribution in [3.05, 3.63) is 48.5 Å². The van der Waals surface area contributed by atoms with Gasteiger partial charge in [0.15, 0.2) is 11.6 Å². The van der Waals surface area contributed by atoms with Crippen molar-refractivity contribution >= 4 is 10.0 Å². The molecular weight excluding hydrogens is 371 g/mol. The fraction of sp³-hybridized carbons (Fsp3) is 0.421. The van der Waals surface area contributed by atoms with E-state index in [0.717, 1.165) is 24.7 Å². The van der Waals surface area contributed by atoms with Crippen molar-refractivity contribution in [2.24, 2.45) is 0 Å². The fourth-order valence-corrected chi connectivity index (χ4v) is 6.02. The summed E-state index contributed by atoms with van der Waals surface area (Å²) < 4.78 is 52.7. The summed E-state index contributed by atoms with van der Waals surface area (Å²) in [4.78, 5) is 3.94. The van der Waals surface area contributed by atoms with Crippen molar-refractivity contribution in [1.29, 1.82) is 0 Å². The molecule has 8 heteroatoms. The highest BCUT2D eigenvalue weighted by Crippen LogP contribution is 2.41. The van der Waals surface area contributed by atoms with Gasteiger partial charge in [-0.1, -0.05) is 0 Å². The number of benzene rings is 1. The van der Waals surface area contributed by atoms with E-state index < -0.39 is 15.8 Å². The Bertz CT molecular complexity index is 909. The van der Waals surface area contributed by atoms with Crippen LogP contribution in [0.5, 0.6) is 11.5 Å². The molecule has 2 unspecified atom stereocenters. The lowest BCUT2D eigenvalue weighted by atomic mass is 10.0. The first-order valence-electron chi connectivity index (χ1n) is 8.93. The number of pyridine rings is 1. The van der Waals surface area contributed by atoms with Crippen LogP contribution in [0, 0.1) is 5.82 Å². The standard InChI is InChI=1S/C19H21FN2O4S/c1-25-19-5-4-17(12-18(19)20)27(23,24)22-13-2-3-14(22)11-16(10-13)26-15-6-8-21-9-7-15/h4-9,12-14,16H,2-3,10-11H2,1H3. The Morgan fingerprint density at radius 2 is 1.78 bits per heavy atom. The Labute approximate surface area is 158 Å². The summed E-state index contributed by atoms with van der Waals surface area (Å²) in [5, 5.41) is 0. The third-order valence-corrected chi connectivity index (χ3v) is 7.27. The van der Waals surface area contributed by atoms with Crippen LogP contribution in [-0.2, 0) is 10.0 Å². The van der Waals surface area contributed by atoms with Crippen molar-refractivity contribution in [3.63, 3.8) is 0 Å². The number of ether oxygens (including phenoxy) is 2. The monoisotopic (exact) mass is 392 g/mol. The van der Waals surface area contributed by atoms with Gasteiger partial charge in [-0.25, -0.2) is 12.8 Å². The van der Waals surface area contributed by atoms with E-state index in [9.17, 15) is 12.8 Å². The predicted octanol–water partition coefficient (Wildman–Crippen LogP) is 2.99. The highest BCUT2D eigenvalue weighted by Gasteiger charge is 2.48. The first-order chi connectivity index (χ1) is 13.0. The number of halogens is 1. The van der Waals surface area contributed by atoms with Crippen molar-refractivity contribution in [3.8, 4) is 11.5 Å². The summed E-state index contributed by atoms with van der Waals surface area (Å²) in [6.45, 7) is 0. The molecule has 0 amide bonds. The summed E-state index contributed by atoms with van der Waals surface area (Å²) in [6, 6.07) is 7.11. The van der Waals surface area contributed by atoms with Gasteiger partial charge in [-0.05, 0) is 43.2 Å². The van der Waals surface area contributed by atoms with E-state index in [-0.39, 0.29) is 28.8 Å². The molecule has 3 heterocycles. The third kappa shape index (κ3) is 3.39. The van der Waals surface area contributed by atoms with Crippen molar-refractivity contribution in [2.45, 2.75) is 48.8 Å². The maximum absolute atomic E-state index is 14.0. The van der Waals surface area contributed by atoms with E-state index in [1.54, 1.807) is 28.8 Å². The molecule has 0 aliphatic carbocycles. The quantitative estimate of drug-likeness (QED) is 0.783. The maximum Gasteiger partial charge on any atom is 0.243 e. The van der Waals surface area contributed by atoms with Crippen LogP contribution in [0.1, 0.15) is 25.7 Å². The molecule has 2 aliphatic rings. The molecule has 2 bridgehead atoms. The second-order valence-electron chi connectivity index (χ2n) is 6.91. The minimum Gasteiger partial charge on any atom is -0.494 e. The number of methoxy groups -OCH3 is 1. The van der Waals surface area contributed by atoms with Gasteiger partial charge >= 0.3 is 0 Å². The van der Waals surface area contributed by atoms with Crippen molar-refractivity contribution < 1.29 is 22.3 Å². The largest absolute Gasteiger partial charge is 0.494 e. The minimum absolute atomic E-state index is 0.0291. The molecule has 2 atom stereocenters. The van der Waals surface area contributed by atoms with E-state index >= 15 is 0 Å². The van der Waals surface area contributed by atoms with E-state index in [0.29, 0.717) is 12.8 Å². The Hall–Kier alpha value is -2.19. The molecule has 1 aromatic carbocycles. The van der Waals surface area contributed by atoms with Crippen molar-refractivity contribution in [2.75, 3.05) is 7.11 Å². The lowest BCUT2D eigenvalue weighted by molar-refractivity contribution is 0.0956. The van der Waals surface area contributed by atoms with E-state index in [1.165, 1.54) is 19.2 Å². The molecular formula is C19H21FN2O4S. The number of sulfonamides is 1. The first-order valence-corrected chi connectivity index (χ1v) is 10.4. The van der Waals surface area contributed by atoms with Gasteiger partial charge in [-0.2, -0.15) is 4.31 Å². The smallest absolute Gasteiger partial charge is 0.243 e. The Balaban J connectivity index is 1.54. The van der Waals surface area contributed by atoms with Gasteiger partial charge in [-0.15, -0.1) is 0 Å². The summed E-state index contributed by atoms with van der Waals surface area (Å²) >= 11 is 0. The predicted molar refractivity (Wildman–Crippen MR) is 96.7 cm³/mol. The van der Waals surface area contributed by atoms with Crippen LogP contribution < -0.4 is 9.47 Å². The first kappa shape index (κ1) is 18.2. The average molecular weight is 392 g/mol. The molecule has 4 rings (SSSR count). The maximum atomic E-state index is 14.0. The second kappa shape index (κ2) is 7.09. The number of aromatic nitrogens is 1. The van der Waals surface area contributed by atoms with Gasteiger partial charge in [0.05, 0.1) is 12.0 Å². The topological polar surface area (TPSA) is 68.7 Å².